The van der Waals surface area contributed by atoms with Crippen LogP contribution in [0.2, 0.25) is 5.02 Å². The molecule has 19 heavy (non-hydrogen) atoms. The number of anilines is 1. The quantitative estimate of drug-likeness (QED) is 0.740. The fourth-order valence-electron chi connectivity index (χ4n) is 2.14. The van der Waals surface area contributed by atoms with Crippen LogP contribution in [-0.2, 0) is 0 Å². The maximum absolute atomic E-state index is 6.07. The van der Waals surface area contributed by atoms with Gasteiger partial charge in [-0.3, -0.25) is 4.57 Å². The van der Waals surface area contributed by atoms with Crippen LogP contribution in [-0.4, -0.2) is 14.5 Å². The molecule has 0 atom stereocenters. The summed E-state index contributed by atoms with van der Waals surface area (Å²) in [7, 11) is 0. The van der Waals surface area contributed by atoms with E-state index in [0.29, 0.717) is 11.0 Å². The first-order chi connectivity index (χ1) is 9.06. The van der Waals surface area contributed by atoms with Crippen molar-refractivity contribution in [1.29, 1.82) is 0 Å². The van der Waals surface area contributed by atoms with Gasteiger partial charge in [-0.2, -0.15) is 0 Å². The number of nitrogen functional groups attached to an aromatic ring is 1. The molecule has 0 aliphatic heterocycles. The van der Waals surface area contributed by atoms with Crippen LogP contribution in [0.1, 0.15) is 11.1 Å². The highest BCUT2D eigenvalue weighted by molar-refractivity contribution is 6.30. The Morgan fingerprint density at radius 2 is 2.00 bits per heavy atom. The number of nitrogens with zero attached hydrogens (tertiary/aromatic N) is 3. The van der Waals surface area contributed by atoms with Crippen molar-refractivity contribution in [2.45, 2.75) is 13.8 Å². The number of nitrogens with two attached hydrogens (primary N) is 1. The van der Waals surface area contributed by atoms with E-state index in [1.807, 2.05) is 42.7 Å². The third kappa shape index (κ3) is 1.94. The van der Waals surface area contributed by atoms with Crippen LogP contribution in [0.15, 0.2) is 30.5 Å². The van der Waals surface area contributed by atoms with E-state index in [2.05, 4.69) is 9.97 Å². The van der Waals surface area contributed by atoms with Gasteiger partial charge < -0.3 is 5.73 Å². The van der Waals surface area contributed by atoms with Crippen LogP contribution in [0.5, 0.6) is 0 Å². The van der Waals surface area contributed by atoms with Gasteiger partial charge in [0, 0.05) is 11.2 Å². The summed E-state index contributed by atoms with van der Waals surface area (Å²) in [4.78, 5) is 8.78. The first-order valence-corrected chi connectivity index (χ1v) is 6.31. The minimum atomic E-state index is 0.415. The molecular weight excluding hydrogens is 260 g/mol. The first-order valence-electron chi connectivity index (χ1n) is 5.93. The predicted octanol–water partition coefficient (Wildman–Crippen LogP) is 3.27. The summed E-state index contributed by atoms with van der Waals surface area (Å²) >= 11 is 6.07. The second-order valence-electron chi connectivity index (χ2n) is 4.59. The van der Waals surface area contributed by atoms with E-state index in [1.54, 1.807) is 6.20 Å². The Morgan fingerprint density at radius 3 is 2.79 bits per heavy atom. The summed E-state index contributed by atoms with van der Waals surface area (Å²) in [6, 6.07) is 7.65. The van der Waals surface area contributed by atoms with E-state index in [-0.39, 0.29) is 0 Å². The average molecular weight is 273 g/mol. The van der Waals surface area contributed by atoms with Gasteiger partial charge in [-0.25, -0.2) is 9.97 Å². The van der Waals surface area contributed by atoms with Crippen LogP contribution < -0.4 is 5.73 Å². The van der Waals surface area contributed by atoms with E-state index < -0.39 is 0 Å². The second-order valence-corrected chi connectivity index (χ2v) is 5.03. The largest absolute Gasteiger partial charge is 0.369 e. The highest BCUT2D eigenvalue weighted by atomic mass is 35.5. The number of aromatic nitrogens is 3. The second kappa shape index (κ2) is 4.24. The van der Waals surface area contributed by atoms with Gasteiger partial charge in [0.2, 0.25) is 5.95 Å². The number of fused-ring (bicyclic) bond motifs is 1. The van der Waals surface area contributed by atoms with Crippen molar-refractivity contribution in [2.75, 3.05) is 5.73 Å². The number of rotatable bonds is 1. The molecule has 0 aliphatic carbocycles. The molecule has 0 spiro atoms. The summed E-state index contributed by atoms with van der Waals surface area (Å²) in [5, 5.41) is 0.661. The Kier molecular flexibility index (Phi) is 2.68. The molecule has 0 bridgehead atoms. The Morgan fingerprint density at radius 1 is 1.21 bits per heavy atom. The topological polar surface area (TPSA) is 56.7 Å². The minimum Gasteiger partial charge on any atom is -0.369 e. The molecule has 0 radical (unpaired) electrons. The number of imidazole rings is 1. The summed E-state index contributed by atoms with van der Waals surface area (Å²) < 4.78 is 1.83. The molecule has 0 unspecified atom stereocenters. The molecule has 5 heteroatoms. The Labute approximate surface area is 115 Å². The lowest BCUT2D eigenvalue weighted by Crippen LogP contribution is -2.03. The standard InChI is InChI=1S/C14H13ClN4/c1-8-5-11-13(17-7-8)19(14(16)18-11)12-6-10(15)4-3-9(12)2/h3-7H,1-2H3,(H2,16,18). The summed E-state index contributed by atoms with van der Waals surface area (Å²) in [6.07, 6.45) is 1.81. The van der Waals surface area contributed by atoms with Crippen molar-refractivity contribution >= 4 is 28.7 Å². The van der Waals surface area contributed by atoms with E-state index in [9.17, 15) is 0 Å². The number of halogens is 1. The van der Waals surface area contributed by atoms with Crippen molar-refractivity contribution in [1.82, 2.24) is 14.5 Å². The van der Waals surface area contributed by atoms with Crippen molar-refractivity contribution in [3.63, 3.8) is 0 Å². The third-order valence-electron chi connectivity index (χ3n) is 3.07. The van der Waals surface area contributed by atoms with Gasteiger partial charge in [0.05, 0.1) is 5.69 Å². The highest BCUT2D eigenvalue weighted by Gasteiger charge is 2.13. The smallest absolute Gasteiger partial charge is 0.207 e. The number of pyridine rings is 1. The summed E-state index contributed by atoms with van der Waals surface area (Å²) in [6.45, 7) is 3.98. The first kappa shape index (κ1) is 12.0. The molecular formula is C14H13ClN4. The number of aryl methyl sites for hydroxylation is 2. The van der Waals surface area contributed by atoms with Crippen LogP contribution >= 0.6 is 11.6 Å². The van der Waals surface area contributed by atoms with Crippen LogP contribution in [0.4, 0.5) is 5.95 Å². The maximum Gasteiger partial charge on any atom is 0.207 e. The van der Waals surface area contributed by atoms with Gasteiger partial charge in [-0.1, -0.05) is 17.7 Å². The molecule has 4 nitrogen and oxygen atoms in total. The monoisotopic (exact) mass is 272 g/mol. The zero-order chi connectivity index (χ0) is 13.6. The lowest BCUT2D eigenvalue weighted by atomic mass is 10.2. The molecule has 96 valence electrons. The van der Waals surface area contributed by atoms with Crippen molar-refractivity contribution < 1.29 is 0 Å². The Bertz CT molecular complexity index is 776. The molecule has 3 aromatic rings. The van der Waals surface area contributed by atoms with Crippen LogP contribution in [0, 0.1) is 13.8 Å². The molecule has 0 saturated heterocycles. The maximum atomic E-state index is 6.07. The van der Waals surface area contributed by atoms with Crippen molar-refractivity contribution in [3.8, 4) is 5.69 Å². The van der Waals surface area contributed by atoms with Gasteiger partial charge in [0.25, 0.3) is 0 Å². The molecule has 3 rings (SSSR count). The summed E-state index contributed by atoms with van der Waals surface area (Å²) in [5.74, 6) is 0.415. The van der Waals surface area contributed by atoms with Crippen LogP contribution in [0.25, 0.3) is 16.9 Å². The minimum absolute atomic E-state index is 0.415. The van der Waals surface area contributed by atoms with E-state index >= 15 is 0 Å². The number of hydrogen-bond acceptors (Lipinski definition) is 3. The lowest BCUT2D eigenvalue weighted by Gasteiger charge is -2.09. The molecule has 0 aliphatic rings. The van der Waals surface area contributed by atoms with Gasteiger partial charge in [0.1, 0.15) is 5.52 Å². The van der Waals surface area contributed by atoms with Gasteiger partial charge in [-0.15, -0.1) is 0 Å². The van der Waals surface area contributed by atoms with E-state index in [1.165, 1.54) is 0 Å². The fraction of sp³-hybridized carbons (Fsp3) is 0.143. The van der Waals surface area contributed by atoms with E-state index in [4.69, 9.17) is 17.3 Å². The molecule has 2 N–H and O–H groups in total. The number of benzene rings is 1. The molecule has 0 amide bonds. The van der Waals surface area contributed by atoms with Gasteiger partial charge in [0.15, 0.2) is 5.65 Å². The van der Waals surface area contributed by atoms with Gasteiger partial charge >= 0.3 is 0 Å². The normalized spacial score (nSPS) is 11.1. The zero-order valence-electron chi connectivity index (χ0n) is 10.7. The average Bonchev–Trinajstić information content (AvgIpc) is 2.67. The zero-order valence-corrected chi connectivity index (χ0v) is 11.4. The highest BCUT2D eigenvalue weighted by Crippen LogP contribution is 2.26. The van der Waals surface area contributed by atoms with Gasteiger partial charge in [-0.05, 0) is 43.2 Å². The molecule has 1 aromatic carbocycles. The Hall–Kier alpha value is -2.07. The van der Waals surface area contributed by atoms with Crippen molar-refractivity contribution in [2.24, 2.45) is 0 Å². The molecule has 2 heterocycles. The predicted molar refractivity (Wildman–Crippen MR) is 77.8 cm³/mol. The number of hydrogen-bond donors (Lipinski definition) is 1. The van der Waals surface area contributed by atoms with Crippen LogP contribution in [0.3, 0.4) is 0 Å². The Balaban J connectivity index is 2.36. The lowest BCUT2D eigenvalue weighted by molar-refractivity contribution is 1.06. The third-order valence-corrected chi connectivity index (χ3v) is 3.31. The fourth-order valence-corrected chi connectivity index (χ4v) is 2.31. The SMILES string of the molecule is Cc1cnc2c(c1)nc(N)n2-c1cc(Cl)ccc1C. The van der Waals surface area contributed by atoms with Crippen molar-refractivity contribution in [3.05, 3.63) is 46.6 Å². The molecule has 0 saturated carbocycles. The molecule has 0 fully saturated rings. The summed E-state index contributed by atoms with van der Waals surface area (Å²) in [5.41, 5.74) is 10.6. The van der Waals surface area contributed by atoms with E-state index in [0.717, 1.165) is 28.0 Å². The molecule has 2 aromatic heterocycles.